The fourth-order valence-corrected chi connectivity index (χ4v) is 2.67. The molecular weight excluding hydrogens is 320 g/mol. The summed E-state index contributed by atoms with van der Waals surface area (Å²) in [5.41, 5.74) is 0. The van der Waals surface area contributed by atoms with Crippen LogP contribution >= 0.6 is 0 Å². The molecule has 0 radical (unpaired) electrons. The maximum absolute atomic E-state index is 11.1. The summed E-state index contributed by atoms with van der Waals surface area (Å²) in [7, 11) is -4.08. The summed E-state index contributed by atoms with van der Waals surface area (Å²) in [6, 6.07) is 0. The molecule has 6 nitrogen and oxygen atoms in total. The Balaban J connectivity index is 3.34. The minimum atomic E-state index is -4.08. The molecule has 0 rings (SSSR count). The standard InChI is InChI=1S/C16H34O6S/c1-4-6-7-8-9-10-11-12-13-14-15-19-16(3)21-22-23(17,18)20-5-2/h16H,4-15H2,1-3H3. The van der Waals surface area contributed by atoms with Gasteiger partial charge in [-0.1, -0.05) is 69.0 Å². The summed E-state index contributed by atoms with van der Waals surface area (Å²) in [5, 5.41) is 0. The molecule has 1 unspecified atom stereocenters. The lowest BCUT2D eigenvalue weighted by Crippen LogP contribution is -2.18. The lowest BCUT2D eigenvalue weighted by Gasteiger charge is -2.12. The van der Waals surface area contributed by atoms with E-state index in [0.29, 0.717) is 6.61 Å². The van der Waals surface area contributed by atoms with Crippen LogP contribution in [0.25, 0.3) is 0 Å². The molecule has 1 atom stereocenters. The van der Waals surface area contributed by atoms with Crippen LogP contribution in [0.4, 0.5) is 0 Å². The highest BCUT2D eigenvalue weighted by Crippen LogP contribution is 2.11. The highest BCUT2D eigenvalue weighted by atomic mass is 32.3. The molecule has 0 aliphatic heterocycles. The molecule has 0 bridgehead atoms. The Bertz CT molecular complexity index is 344. The third kappa shape index (κ3) is 16.4. The third-order valence-electron chi connectivity index (χ3n) is 3.37. The van der Waals surface area contributed by atoms with Gasteiger partial charge in [-0.3, -0.25) is 0 Å². The first-order chi connectivity index (χ1) is 11.0. The second-order valence-electron chi connectivity index (χ2n) is 5.60. The van der Waals surface area contributed by atoms with Crippen LogP contribution < -0.4 is 0 Å². The molecular formula is C16H34O6S. The van der Waals surface area contributed by atoms with Gasteiger partial charge in [0.25, 0.3) is 0 Å². The van der Waals surface area contributed by atoms with Gasteiger partial charge in [0, 0.05) is 6.61 Å². The molecule has 0 amide bonds. The summed E-state index contributed by atoms with van der Waals surface area (Å²) < 4.78 is 36.0. The van der Waals surface area contributed by atoms with Gasteiger partial charge in [0.15, 0.2) is 6.29 Å². The van der Waals surface area contributed by atoms with Crippen molar-refractivity contribution in [2.45, 2.75) is 91.3 Å². The van der Waals surface area contributed by atoms with Gasteiger partial charge in [-0.15, -0.1) is 0 Å². The Kier molecular flexibility index (Phi) is 15.2. The Labute approximate surface area is 142 Å². The highest BCUT2D eigenvalue weighted by Gasteiger charge is 2.14. The second-order valence-corrected chi connectivity index (χ2v) is 6.79. The zero-order chi connectivity index (χ0) is 17.4. The van der Waals surface area contributed by atoms with Crippen LogP contribution in [0.15, 0.2) is 0 Å². The van der Waals surface area contributed by atoms with Crippen molar-refractivity contribution < 1.29 is 26.6 Å². The Hall–Kier alpha value is -0.210. The first-order valence-corrected chi connectivity index (χ1v) is 10.2. The number of ether oxygens (including phenoxy) is 1. The summed E-state index contributed by atoms with van der Waals surface area (Å²) in [4.78, 5) is 4.62. The average Bonchev–Trinajstić information content (AvgIpc) is 2.50. The van der Waals surface area contributed by atoms with Gasteiger partial charge in [0.1, 0.15) is 0 Å². The largest absolute Gasteiger partial charge is 0.426 e. The monoisotopic (exact) mass is 354 g/mol. The summed E-state index contributed by atoms with van der Waals surface area (Å²) in [6.07, 6.45) is 11.8. The van der Waals surface area contributed by atoms with Gasteiger partial charge in [-0.05, 0) is 20.3 Å². The number of rotatable bonds is 17. The van der Waals surface area contributed by atoms with Crippen molar-refractivity contribution in [3.8, 4) is 0 Å². The van der Waals surface area contributed by atoms with E-state index in [-0.39, 0.29) is 6.61 Å². The molecule has 0 N–H and O–H groups in total. The maximum atomic E-state index is 11.1. The maximum Gasteiger partial charge on any atom is 0.426 e. The molecule has 0 aromatic rings. The SMILES string of the molecule is CCCCCCCCCCCCOC(C)OOS(=O)(=O)OCC. The van der Waals surface area contributed by atoms with Crippen molar-refractivity contribution >= 4 is 10.4 Å². The molecule has 0 aliphatic carbocycles. The van der Waals surface area contributed by atoms with Gasteiger partial charge >= 0.3 is 10.4 Å². The molecule has 0 fully saturated rings. The van der Waals surface area contributed by atoms with E-state index >= 15 is 0 Å². The quantitative estimate of drug-likeness (QED) is 0.166. The smallest absolute Gasteiger partial charge is 0.350 e. The molecule has 0 saturated carbocycles. The molecule has 0 aromatic carbocycles. The van der Waals surface area contributed by atoms with Crippen molar-refractivity contribution in [3.05, 3.63) is 0 Å². The zero-order valence-corrected chi connectivity index (χ0v) is 15.7. The summed E-state index contributed by atoms with van der Waals surface area (Å²) in [6.45, 7) is 5.89. The Morgan fingerprint density at radius 2 is 1.35 bits per heavy atom. The topological polar surface area (TPSA) is 71.1 Å². The predicted molar refractivity (Wildman–Crippen MR) is 90.0 cm³/mol. The van der Waals surface area contributed by atoms with Gasteiger partial charge in [0.05, 0.1) is 6.61 Å². The predicted octanol–water partition coefficient (Wildman–Crippen LogP) is 4.50. The minimum absolute atomic E-state index is 0.000461. The first-order valence-electron chi connectivity index (χ1n) is 8.87. The molecule has 0 aromatic heterocycles. The molecule has 0 heterocycles. The molecule has 0 saturated heterocycles. The van der Waals surface area contributed by atoms with Crippen molar-refractivity contribution in [1.82, 2.24) is 0 Å². The van der Waals surface area contributed by atoms with E-state index in [2.05, 4.69) is 20.3 Å². The number of hydrogen-bond donors (Lipinski definition) is 0. The van der Waals surface area contributed by atoms with Crippen LogP contribution in [0.3, 0.4) is 0 Å². The first kappa shape index (κ1) is 22.8. The van der Waals surface area contributed by atoms with Crippen LogP contribution in [0, 0.1) is 0 Å². The molecule has 0 spiro atoms. The lowest BCUT2D eigenvalue weighted by atomic mass is 10.1. The highest BCUT2D eigenvalue weighted by molar-refractivity contribution is 7.81. The van der Waals surface area contributed by atoms with E-state index in [1.807, 2.05) is 0 Å². The fourth-order valence-electron chi connectivity index (χ4n) is 2.13. The third-order valence-corrected chi connectivity index (χ3v) is 4.14. The minimum Gasteiger partial charge on any atom is -0.350 e. The van der Waals surface area contributed by atoms with E-state index in [0.717, 1.165) is 12.8 Å². The van der Waals surface area contributed by atoms with E-state index in [1.165, 1.54) is 51.4 Å². The van der Waals surface area contributed by atoms with E-state index in [1.54, 1.807) is 13.8 Å². The fraction of sp³-hybridized carbons (Fsp3) is 1.00. The van der Waals surface area contributed by atoms with Gasteiger partial charge in [0.2, 0.25) is 0 Å². The molecule has 7 heteroatoms. The van der Waals surface area contributed by atoms with E-state index < -0.39 is 16.7 Å². The van der Waals surface area contributed by atoms with E-state index in [4.69, 9.17) is 4.74 Å². The Morgan fingerprint density at radius 3 is 1.87 bits per heavy atom. The van der Waals surface area contributed by atoms with Crippen molar-refractivity contribution in [3.63, 3.8) is 0 Å². The van der Waals surface area contributed by atoms with Crippen molar-refractivity contribution in [2.75, 3.05) is 13.2 Å². The number of hydrogen-bond acceptors (Lipinski definition) is 6. The number of unbranched alkanes of at least 4 members (excludes halogenated alkanes) is 9. The van der Waals surface area contributed by atoms with Gasteiger partial charge < -0.3 is 4.74 Å². The van der Waals surface area contributed by atoms with E-state index in [9.17, 15) is 8.42 Å². The zero-order valence-electron chi connectivity index (χ0n) is 14.9. The summed E-state index contributed by atoms with van der Waals surface area (Å²) >= 11 is 0. The van der Waals surface area contributed by atoms with Gasteiger partial charge in [-0.25, -0.2) is 4.18 Å². The van der Waals surface area contributed by atoms with Crippen LogP contribution in [-0.2, 0) is 28.5 Å². The normalized spacial score (nSPS) is 13.3. The summed E-state index contributed by atoms with van der Waals surface area (Å²) in [5.74, 6) is 0. The van der Waals surface area contributed by atoms with Crippen LogP contribution in [0.5, 0.6) is 0 Å². The van der Waals surface area contributed by atoms with Gasteiger partial charge in [-0.2, -0.15) is 13.3 Å². The van der Waals surface area contributed by atoms with Crippen LogP contribution in [-0.4, -0.2) is 27.9 Å². The van der Waals surface area contributed by atoms with Crippen LogP contribution in [0.2, 0.25) is 0 Å². The molecule has 140 valence electrons. The van der Waals surface area contributed by atoms with Crippen molar-refractivity contribution in [1.29, 1.82) is 0 Å². The Morgan fingerprint density at radius 1 is 0.826 bits per heavy atom. The van der Waals surface area contributed by atoms with Crippen LogP contribution in [0.1, 0.15) is 85.0 Å². The second kappa shape index (κ2) is 15.3. The molecule has 23 heavy (non-hydrogen) atoms. The lowest BCUT2D eigenvalue weighted by molar-refractivity contribution is -0.314. The average molecular weight is 355 g/mol. The van der Waals surface area contributed by atoms with Crippen molar-refractivity contribution in [2.24, 2.45) is 0 Å². The molecule has 0 aliphatic rings.